The molecule has 2 rings (SSSR count). The number of benzene rings is 1. The minimum atomic E-state index is -1.18. The fourth-order valence-electron chi connectivity index (χ4n) is 2.15. The van der Waals surface area contributed by atoms with Crippen LogP contribution in [0.15, 0.2) is 18.2 Å². The maximum absolute atomic E-state index is 13.1. The van der Waals surface area contributed by atoms with E-state index >= 15 is 0 Å². The smallest absolute Gasteiger partial charge is 0.126 e. The Morgan fingerprint density at radius 2 is 1.94 bits per heavy atom. The third-order valence-corrected chi connectivity index (χ3v) is 2.94. The summed E-state index contributed by atoms with van der Waals surface area (Å²) in [7, 11) is 0. The van der Waals surface area contributed by atoms with Gasteiger partial charge in [0.2, 0.25) is 0 Å². The molecule has 16 heavy (non-hydrogen) atoms. The number of hydrogen-bond donors (Lipinski definition) is 1. The van der Waals surface area contributed by atoms with E-state index < -0.39 is 17.2 Å². The molecule has 0 spiro atoms. The van der Waals surface area contributed by atoms with Gasteiger partial charge in [-0.2, -0.15) is 0 Å². The van der Waals surface area contributed by atoms with E-state index in [0.717, 1.165) is 6.07 Å². The van der Waals surface area contributed by atoms with Gasteiger partial charge < -0.3 is 9.84 Å². The SMILES string of the molecule is C[C@H]1C[C@@](O)(c2cc(F)cc(F)c2)CCO1. The third kappa shape index (κ3) is 2.23. The first-order valence-electron chi connectivity index (χ1n) is 5.30. The zero-order valence-corrected chi connectivity index (χ0v) is 9.04. The van der Waals surface area contributed by atoms with Crippen LogP contribution in [0.2, 0.25) is 0 Å². The van der Waals surface area contributed by atoms with Gasteiger partial charge in [0.15, 0.2) is 0 Å². The van der Waals surface area contributed by atoms with Gasteiger partial charge in [0.25, 0.3) is 0 Å². The zero-order valence-electron chi connectivity index (χ0n) is 9.04. The highest BCUT2D eigenvalue weighted by Crippen LogP contribution is 2.35. The van der Waals surface area contributed by atoms with E-state index in [1.807, 2.05) is 6.92 Å². The quantitative estimate of drug-likeness (QED) is 0.799. The summed E-state index contributed by atoms with van der Waals surface area (Å²) in [5, 5.41) is 10.3. The Bertz CT molecular complexity index is 374. The molecular weight excluding hydrogens is 214 g/mol. The summed E-state index contributed by atoms with van der Waals surface area (Å²) in [5.41, 5.74) is -0.888. The van der Waals surface area contributed by atoms with Crippen LogP contribution in [0.5, 0.6) is 0 Å². The Balaban J connectivity index is 2.34. The van der Waals surface area contributed by atoms with Gasteiger partial charge >= 0.3 is 0 Å². The van der Waals surface area contributed by atoms with Crippen molar-refractivity contribution in [2.75, 3.05) is 6.61 Å². The van der Waals surface area contributed by atoms with Crippen molar-refractivity contribution in [2.24, 2.45) is 0 Å². The summed E-state index contributed by atoms with van der Waals surface area (Å²) in [6, 6.07) is 3.16. The summed E-state index contributed by atoms with van der Waals surface area (Å²) in [6.07, 6.45) is 0.612. The van der Waals surface area contributed by atoms with Crippen molar-refractivity contribution in [3.05, 3.63) is 35.4 Å². The lowest BCUT2D eigenvalue weighted by atomic mass is 9.84. The summed E-state index contributed by atoms with van der Waals surface area (Å²) in [5.74, 6) is -1.33. The standard InChI is InChI=1S/C12H14F2O2/c1-8-7-12(15,2-3-16-8)9-4-10(13)6-11(14)5-9/h4-6,8,15H,2-3,7H2,1H3/t8-,12+/m0/s1. The molecule has 0 aromatic heterocycles. The molecule has 1 aliphatic heterocycles. The molecule has 0 amide bonds. The van der Waals surface area contributed by atoms with Crippen LogP contribution in [0.4, 0.5) is 8.78 Å². The summed E-state index contributed by atoms with van der Waals surface area (Å²) in [6.45, 7) is 2.23. The summed E-state index contributed by atoms with van der Waals surface area (Å²) in [4.78, 5) is 0. The molecule has 0 unspecified atom stereocenters. The molecule has 2 nitrogen and oxygen atoms in total. The largest absolute Gasteiger partial charge is 0.385 e. The third-order valence-electron chi connectivity index (χ3n) is 2.94. The molecule has 0 radical (unpaired) electrons. The summed E-state index contributed by atoms with van der Waals surface area (Å²) >= 11 is 0. The lowest BCUT2D eigenvalue weighted by Crippen LogP contribution is -2.37. The molecule has 2 atom stereocenters. The van der Waals surface area contributed by atoms with Crippen molar-refractivity contribution >= 4 is 0 Å². The fraction of sp³-hybridized carbons (Fsp3) is 0.500. The van der Waals surface area contributed by atoms with Crippen LogP contribution < -0.4 is 0 Å². The van der Waals surface area contributed by atoms with Crippen molar-refractivity contribution in [3.63, 3.8) is 0 Å². The fourth-order valence-corrected chi connectivity index (χ4v) is 2.15. The molecular formula is C12H14F2O2. The monoisotopic (exact) mass is 228 g/mol. The van der Waals surface area contributed by atoms with Gasteiger partial charge in [-0.15, -0.1) is 0 Å². The van der Waals surface area contributed by atoms with E-state index in [1.54, 1.807) is 0 Å². The van der Waals surface area contributed by atoms with Crippen molar-refractivity contribution in [1.29, 1.82) is 0 Å². The first-order chi connectivity index (χ1) is 7.49. The van der Waals surface area contributed by atoms with Crippen LogP contribution in [0.1, 0.15) is 25.3 Å². The van der Waals surface area contributed by atoms with Gasteiger partial charge in [-0.05, 0) is 24.6 Å². The van der Waals surface area contributed by atoms with Gasteiger partial charge in [0.05, 0.1) is 18.3 Å². The van der Waals surface area contributed by atoms with Crippen LogP contribution in [-0.2, 0) is 10.3 Å². The topological polar surface area (TPSA) is 29.5 Å². The first kappa shape index (κ1) is 11.5. The molecule has 1 heterocycles. The molecule has 0 bridgehead atoms. The van der Waals surface area contributed by atoms with Crippen LogP contribution in [-0.4, -0.2) is 17.8 Å². The molecule has 1 fully saturated rings. The second-order valence-corrected chi connectivity index (χ2v) is 4.33. The average Bonchev–Trinajstić information content (AvgIpc) is 2.15. The molecule has 1 aliphatic rings. The minimum Gasteiger partial charge on any atom is -0.385 e. The van der Waals surface area contributed by atoms with E-state index in [-0.39, 0.29) is 6.10 Å². The van der Waals surface area contributed by atoms with Crippen molar-refractivity contribution in [3.8, 4) is 0 Å². The van der Waals surface area contributed by atoms with Crippen molar-refractivity contribution in [1.82, 2.24) is 0 Å². The highest BCUT2D eigenvalue weighted by molar-refractivity contribution is 5.25. The van der Waals surface area contributed by atoms with Crippen LogP contribution >= 0.6 is 0 Å². The Hall–Kier alpha value is -1.00. The number of aliphatic hydroxyl groups is 1. The number of hydrogen-bond acceptors (Lipinski definition) is 2. The second-order valence-electron chi connectivity index (χ2n) is 4.33. The van der Waals surface area contributed by atoms with Gasteiger partial charge in [-0.1, -0.05) is 0 Å². The minimum absolute atomic E-state index is 0.106. The summed E-state index contributed by atoms with van der Waals surface area (Å²) < 4.78 is 31.4. The highest BCUT2D eigenvalue weighted by atomic mass is 19.1. The van der Waals surface area contributed by atoms with E-state index in [4.69, 9.17) is 4.74 Å². The Labute approximate surface area is 92.9 Å². The normalized spacial score (nSPS) is 30.4. The molecule has 4 heteroatoms. The Morgan fingerprint density at radius 3 is 2.50 bits per heavy atom. The lowest BCUT2D eigenvalue weighted by molar-refractivity contribution is -0.102. The predicted octanol–water partition coefficient (Wildman–Crippen LogP) is 2.35. The average molecular weight is 228 g/mol. The van der Waals surface area contributed by atoms with Crippen molar-refractivity contribution in [2.45, 2.75) is 31.5 Å². The maximum Gasteiger partial charge on any atom is 0.126 e. The van der Waals surface area contributed by atoms with Gasteiger partial charge in [0, 0.05) is 18.9 Å². The highest BCUT2D eigenvalue weighted by Gasteiger charge is 2.35. The second kappa shape index (κ2) is 4.11. The van der Waals surface area contributed by atoms with Crippen LogP contribution in [0.25, 0.3) is 0 Å². The van der Waals surface area contributed by atoms with Gasteiger partial charge in [0.1, 0.15) is 11.6 Å². The first-order valence-corrected chi connectivity index (χ1v) is 5.30. The molecule has 1 aromatic rings. The van der Waals surface area contributed by atoms with E-state index in [2.05, 4.69) is 0 Å². The van der Waals surface area contributed by atoms with Crippen molar-refractivity contribution < 1.29 is 18.6 Å². The number of rotatable bonds is 1. The predicted molar refractivity (Wildman–Crippen MR) is 54.9 cm³/mol. The number of halogens is 2. The lowest BCUT2D eigenvalue weighted by Gasteiger charge is -2.36. The maximum atomic E-state index is 13.1. The molecule has 0 saturated carbocycles. The van der Waals surface area contributed by atoms with E-state index in [9.17, 15) is 13.9 Å². The van der Waals surface area contributed by atoms with Crippen LogP contribution in [0.3, 0.4) is 0 Å². The Kier molecular flexibility index (Phi) is 2.95. The van der Waals surface area contributed by atoms with E-state index in [0.29, 0.717) is 25.0 Å². The number of ether oxygens (including phenoxy) is 1. The van der Waals surface area contributed by atoms with E-state index in [1.165, 1.54) is 12.1 Å². The van der Waals surface area contributed by atoms with Gasteiger partial charge in [-0.3, -0.25) is 0 Å². The molecule has 88 valence electrons. The Morgan fingerprint density at radius 1 is 1.31 bits per heavy atom. The van der Waals surface area contributed by atoms with Crippen LogP contribution in [0, 0.1) is 11.6 Å². The molecule has 1 saturated heterocycles. The molecule has 1 N–H and O–H groups in total. The molecule has 0 aliphatic carbocycles. The van der Waals surface area contributed by atoms with Gasteiger partial charge in [-0.25, -0.2) is 8.78 Å². The molecule has 1 aromatic carbocycles. The zero-order chi connectivity index (χ0) is 11.8.